The van der Waals surface area contributed by atoms with E-state index in [1.165, 1.54) is 10.4 Å². The van der Waals surface area contributed by atoms with E-state index in [1.807, 2.05) is 0 Å². The maximum absolute atomic E-state index is 11.9. The third-order valence-electron chi connectivity index (χ3n) is 3.48. The SMILES string of the molecule is Cc1ccsc1[C@@H]1C[C@@H]1C(=O)NCCCCC(=O)O. The van der Waals surface area contributed by atoms with E-state index in [0.717, 1.165) is 12.8 Å². The van der Waals surface area contributed by atoms with E-state index >= 15 is 0 Å². The van der Waals surface area contributed by atoms with Crippen molar-refractivity contribution in [1.82, 2.24) is 5.32 Å². The van der Waals surface area contributed by atoms with Gasteiger partial charge in [0.25, 0.3) is 0 Å². The largest absolute Gasteiger partial charge is 0.481 e. The summed E-state index contributed by atoms with van der Waals surface area (Å²) in [5, 5.41) is 13.5. The zero-order valence-electron chi connectivity index (χ0n) is 11.0. The standard InChI is InChI=1S/C14H19NO3S/c1-9-5-7-19-13(9)10-8-11(10)14(18)15-6-3-2-4-12(16)17/h5,7,10-11H,2-4,6,8H2,1H3,(H,15,18)(H,16,17)/t10-,11+/m1/s1. The molecular formula is C14H19NO3S. The Morgan fingerprint density at radius 1 is 1.47 bits per heavy atom. The van der Waals surface area contributed by atoms with E-state index in [2.05, 4.69) is 23.7 Å². The third-order valence-corrected chi connectivity index (χ3v) is 4.63. The molecule has 1 fully saturated rings. The lowest BCUT2D eigenvalue weighted by molar-refractivity contribution is -0.137. The fourth-order valence-corrected chi connectivity index (χ4v) is 3.39. The smallest absolute Gasteiger partial charge is 0.303 e. The Balaban J connectivity index is 1.66. The van der Waals surface area contributed by atoms with Crippen molar-refractivity contribution in [3.8, 4) is 0 Å². The van der Waals surface area contributed by atoms with Gasteiger partial charge in [-0.2, -0.15) is 0 Å². The molecule has 1 heterocycles. The van der Waals surface area contributed by atoms with Gasteiger partial charge in [0, 0.05) is 29.7 Å². The molecule has 1 aliphatic carbocycles. The molecule has 5 heteroatoms. The predicted molar refractivity (Wildman–Crippen MR) is 74.4 cm³/mol. The fraction of sp³-hybridized carbons (Fsp3) is 0.571. The summed E-state index contributed by atoms with van der Waals surface area (Å²) in [6, 6.07) is 2.10. The number of amides is 1. The van der Waals surface area contributed by atoms with Crippen LogP contribution in [0.2, 0.25) is 0 Å². The van der Waals surface area contributed by atoms with Crippen molar-refractivity contribution in [2.24, 2.45) is 5.92 Å². The van der Waals surface area contributed by atoms with Crippen LogP contribution in [0.4, 0.5) is 0 Å². The van der Waals surface area contributed by atoms with Crippen molar-refractivity contribution in [1.29, 1.82) is 0 Å². The number of thiophene rings is 1. The molecule has 2 N–H and O–H groups in total. The van der Waals surface area contributed by atoms with Gasteiger partial charge < -0.3 is 10.4 Å². The average molecular weight is 281 g/mol. The highest BCUT2D eigenvalue weighted by Gasteiger charge is 2.44. The van der Waals surface area contributed by atoms with Gasteiger partial charge in [0.15, 0.2) is 0 Å². The summed E-state index contributed by atoms with van der Waals surface area (Å²) in [6.45, 7) is 2.67. The first-order valence-corrected chi connectivity index (χ1v) is 7.51. The number of hydrogen-bond acceptors (Lipinski definition) is 3. The molecule has 0 radical (unpaired) electrons. The molecule has 0 spiro atoms. The van der Waals surface area contributed by atoms with Gasteiger partial charge >= 0.3 is 5.97 Å². The molecule has 1 aromatic rings. The van der Waals surface area contributed by atoms with Crippen LogP contribution in [0.1, 0.15) is 42.0 Å². The summed E-state index contributed by atoms with van der Waals surface area (Å²) in [4.78, 5) is 23.6. The average Bonchev–Trinajstić information content (AvgIpc) is 3.04. The number of carbonyl (C=O) groups excluding carboxylic acids is 1. The van der Waals surface area contributed by atoms with Gasteiger partial charge in [0.2, 0.25) is 5.91 Å². The number of nitrogens with one attached hydrogen (secondary N) is 1. The number of carboxylic acids is 1. The molecule has 0 unspecified atom stereocenters. The maximum atomic E-state index is 11.9. The Morgan fingerprint density at radius 3 is 2.89 bits per heavy atom. The minimum atomic E-state index is -0.776. The van der Waals surface area contributed by atoms with Crippen molar-refractivity contribution in [2.45, 2.75) is 38.5 Å². The van der Waals surface area contributed by atoms with Crippen molar-refractivity contribution < 1.29 is 14.7 Å². The van der Waals surface area contributed by atoms with Crippen LogP contribution in [0.15, 0.2) is 11.4 Å². The van der Waals surface area contributed by atoms with Crippen LogP contribution in [0, 0.1) is 12.8 Å². The molecule has 0 aromatic carbocycles. The number of unbranched alkanes of at least 4 members (excludes halogenated alkanes) is 1. The highest BCUT2D eigenvalue weighted by Crippen LogP contribution is 2.50. The fourth-order valence-electron chi connectivity index (χ4n) is 2.28. The number of aliphatic carboxylic acids is 1. The highest BCUT2D eigenvalue weighted by atomic mass is 32.1. The van der Waals surface area contributed by atoms with E-state index in [0.29, 0.717) is 18.9 Å². The Bertz CT molecular complexity index is 469. The van der Waals surface area contributed by atoms with E-state index in [4.69, 9.17) is 5.11 Å². The van der Waals surface area contributed by atoms with Crippen LogP contribution in [0.5, 0.6) is 0 Å². The van der Waals surface area contributed by atoms with Gasteiger partial charge in [-0.25, -0.2) is 0 Å². The number of hydrogen-bond donors (Lipinski definition) is 2. The number of carboxylic acid groups (broad SMARTS) is 1. The van der Waals surface area contributed by atoms with Gasteiger partial charge in [-0.15, -0.1) is 11.3 Å². The van der Waals surface area contributed by atoms with Gasteiger partial charge in [-0.1, -0.05) is 0 Å². The second-order valence-corrected chi connectivity index (χ2v) is 6.01. The summed E-state index contributed by atoms with van der Waals surface area (Å²) in [5.41, 5.74) is 1.28. The van der Waals surface area contributed by atoms with Crippen molar-refractivity contribution in [3.63, 3.8) is 0 Å². The second-order valence-electron chi connectivity index (χ2n) is 5.06. The van der Waals surface area contributed by atoms with Crippen LogP contribution < -0.4 is 5.32 Å². The first-order valence-electron chi connectivity index (χ1n) is 6.63. The Morgan fingerprint density at radius 2 is 2.26 bits per heavy atom. The number of rotatable bonds is 7. The van der Waals surface area contributed by atoms with E-state index in [1.54, 1.807) is 11.3 Å². The maximum Gasteiger partial charge on any atom is 0.303 e. The van der Waals surface area contributed by atoms with E-state index in [-0.39, 0.29) is 18.2 Å². The molecule has 0 bridgehead atoms. The molecule has 2 rings (SSSR count). The first-order chi connectivity index (χ1) is 9.09. The lowest BCUT2D eigenvalue weighted by atomic mass is 10.2. The van der Waals surface area contributed by atoms with Gasteiger partial charge in [-0.3, -0.25) is 9.59 Å². The normalized spacial score (nSPS) is 21.1. The Kier molecular flexibility index (Phi) is 4.58. The topological polar surface area (TPSA) is 66.4 Å². The van der Waals surface area contributed by atoms with Crippen LogP contribution in [-0.4, -0.2) is 23.5 Å². The Labute approximate surface area is 116 Å². The van der Waals surface area contributed by atoms with Gasteiger partial charge in [0.1, 0.15) is 0 Å². The van der Waals surface area contributed by atoms with Crippen LogP contribution >= 0.6 is 11.3 Å². The first kappa shape index (κ1) is 14.1. The summed E-state index contributed by atoms with van der Waals surface area (Å²) >= 11 is 1.73. The molecule has 1 aromatic heterocycles. The zero-order chi connectivity index (χ0) is 13.8. The monoisotopic (exact) mass is 281 g/mol. The molecule has 0 aliphatic heterocycles. The minimum absolute atomic E-state index is 0.119. The summed E-state index contributed by atoms with van der Waals surface area (Å²) < 4.78 is 0. The van der Waals surface area contributed by atoms with Crippen LogP contribution in [-0.2, 0) is 9.59 Å². The summed E-state index contributed by atoms with van der Waals surface area (Å²) in [6.07, 6.45) is 2.47. The molecule has 0 saturated heterocycles. The molecule has 1 aliphatic rings. The number of aryl methyl sites for hydroxylation is 1. The Hall–Kier alpha value is -1.36. The summed E-state index contributed by atoms with van der Waals surface area (Å²) in [5.74, 6) is -0.134. The quantitative estimate of drug-likeness (QED) is 0.755. The minimum Gasteiger partial charge on any atom is -0.481 e. The lowest BCUT2D eigenvalue weighted by Gasteiger charge is -2.04. The third kappa shape index (κ3) is 3.80. The van der Waals surface area contributed by atoms with E-state index < -0.39 is 5.97 Å². The van der Waals surface area contributed by atoms with Crippen LogP contribution in [0.3, 0.4) is 0 Å². The molecule has 104 valence electrons. The van der Waals surface area contributed by atoms with Gasteiger partial charge in [-0.05, 0) is 43.2 Å². The molecular weight excluding hydrogens is 262 g/mol. The molecule has 2 atom stereocenters. The van der Waals surface area contributed by atoms with Crippen LogP contribution in [0.25, 0.3) is 0 Å². The van der Waals surface area contributed by atoms with E-state index in [9.17, 15) is 9.59 Å². The molecule has 1 saturated carbocycles. The lowest BCUT2D eigenvalue weighted by Crippen LogP contribution is -2.26. The summed E-state index contributed by atoms with van der Waals surface area (Å²) in [7, 11) is 0. The van der Waals surface area contributed by atoms with Gasteiger partial charge in [0.05, 0.1) is 0 Å². The van der Waals surface area contributed by atoms with Crippen molar-refractivity contribution >= 4 is 23.2 Å². The molecule has 1 amide bonds. The highest BCUT2D eigenvalue weighted by molar-refractivity contribution is 7.10. The predicted octanol–water partition coefficient (Wildman–Crippen LogP) is 2.53. The second kappa shape index (κ2) is 6.19. The van der Waals surface area contributed by atoms with Crippen molar-refractivity contribution in [3.05, 3.63) is 21.9 Å². The molecule has 19 heavy (non-hydrogen) atoms. The zero-order valence-corrected chi connectivity index (χ0v) is 11.8. The number of carbonyl (C=O) groups is 2. The van der Waals surface area contributed by atoms with Crippen molar-refractivity contribution in [2.75, 3.05) is 6.54 Å². The molecule has 4 nitrogen and oxygen atoms in total.